The van der Waals surface area contributed by atoms with Crippen LogP contribution in [0, 0.1) is 11.8 Å². The van der Waals surface area contributed by atoms with Gasteiger partial charge in [-0.2, -0.15) is 0 Å². The largest absolute Gasteiger partial charge is 0.491 e. The number of rotatable bonds is 7. The van der Waals surface area contributed by atoms with E-state index in [1.807, 2.05) is 51.2 Å². The molecule has 1 aromatic heterocycles. The molecule has 2 atom stereocenters. The van der Waals surface area contributed by atoms with Crippen LogP contribution in [0.1, 0.15) is 65.5 Å². The molecule has 1 aromatic carbocycles. The molecule has 0 saturated heterocycles. The second kappa shape index (κ2) is 8.64. The lowest BCUT2D eigenvalue weighted by Crippen LogP contribution is -2.53. The Hall–Kier alpha value is -2.76. The number of fused-ring (bicyclic) bond motifs is 3. The Morgan fingerprint density at radius 1 is 1.28 bits per heavy atom. The van der Waals surface area contributed by atoms with Gasteiger partial charge in [-0.05, 0) is 64.2 Å². The van der Waals surface area contributed by atoms with Gasteiger partial charge in [-0.25, -0.2) is 4.79 Å². The number of benzene rings is 1. The Balaban J connectivity index is 1.56. The predicted octanol–water partition coefficient (Wildman–Crippen LogP) is 6.16. The van der Waals surface area contributed by atoms with Gasteiger partial charge in [0.25, 0.3) is 0 Å². The average molecular weight is 439 g/mol. The minimum absolute atomic E-state index is 0.0403. The van der Waals surface area contributed by atoms with E-state index in [1.54, 1.807) is 0 Å². The highest BCUT2D eigenvalue weighted by molar-refractivity contribution is 5.73. The molecule has 2 aliphatic rings. The minimum atomic E-state index is -0.921. The second-order valence-corrected chi connectivity index (χ2v) is 10.4. The van der Waals surface area contributed by atoms with Crippen molar-refractivity contribution in [3.8, 4) is 22.8 Å². The molecule has 0 bridgehead atoms. The molecule has 0 spiro atoms. The number of aromatic nitrogens is 1. The Morgan fingerprint density at radius 3 is 2.66 bits per heavy atom. The van der Waals surface area contributed by atoms with Gasteiger partial charge in [-0.3, -0.25) is 9.88 Å². The van der Waals surface area contributed by atoms with Crippen molar-refractivity contribution in [3.63, 3.8) is 0 Å². The monoisotopic (exact) mass is 438 g/mol. The van der Waals surface area contributed by atoms with Crippen LogP contribution in [-0.2, 0) is 0 Å². The number of nitrogens with zero attached hydrogens (tertiary/aromatic N) is 2. The number of amides is 1. The van der Waals surface area contributed by atoms with Gasteiger partial charge in [-0.15, -0.1) is 0 Å². The molecule has 6 nitrogen and oxygen atoms in total. The van der Waals surface area contributed by atoms with Gasteiger partial charge < -0.3 is 14.6 Å². The maximum Gasteiger partial charge on any atom is 0.408 e. The zero-order chi connectivity index (χ0) is 23.0. The molecule has 32 heavy (non-hydrogen) atoms. The summed E-state index contributed by atoms with van der Waals surface area (Å²) < 4.78 is 12.6. The Morgan fingerprint density at radius 2 is 2.03 bits per heavy atom. The normalized spacial score (nSPS) is 18.4. The first-order chi connectivity index (χ1) is 15.1. The van der Waals surface area contributed by atoms with Crippen molar-refractivity contribution in [3.05, 3.63) is 42.1 Å². The SMILES string of the molecule is CC(C)C[C@@H](COc1ccc2c(c1)OC(C1CC1)c1cccnc1-2)N(C(=O)O)C(C)(C)C. The molecule has 1 saturated carbocycles. The summed E-state index contributed by atoms with van der Waals surface area (Å²) in [7, 11) is 0. The molecule has 1 unspecified atom stereocenters. The fraction of sp³-hybridized carbons (Fsp3) is 0.538. The molecule has 0 radical (unpaired) electrons. The number of ether oxygens (including phenoxy) is 2. The van der Waals surface area contributed by atoms with Crippen LogP contribution >= 0.6 is 0 Å². The highest BCUT2D eigenvalue weighted by Gasteiger charge is 2.39. The van der Waals surface area contributed by atoms with Crippen LogP contribution in [0.15, 0.2) is 36.5 Å². The topological polar surface area (TPSA) is 71.9 Å². The standard InChI is InChI=1S/C26H34N2O4/c1-16(2)13-18(28(25(29)30)26(3,4)5)15-31-19-10-11-20-22(14-19)32-24(17-8-9-17)21-7-6-12-27-23(20)21/h6-7,10-12,14,16-18,24H,8-9,13,15H2,1-5H3,(H,29,30)/t18-,24?/m0/s1. The summed E-state index contributed by atoms with van der Waals surface area (Å²) >= 11 is 0. The third-order valence-electron chi connectivity index (χ3n) is 6.14. The van der Waals surface area contributed by atoms with Crippen molar-refractivity contribution in [2.45, 2.75) is 71.6 Å². The maximum absolute atomic E-state index is 12.0. The Labute approximate surface area is 190 Å². The number of carbonyl (C=O) groups is 1. The van der Waals surface area contributed by atoms with Crippen molar-refractivity contribution < 1.29 is 19.4 Å². The molecular formula is C26H34N2O4. The first-order valence-electron chi connectivity index (χ1n) is 11.6. The second-order valence-electron chi connectivity index (χ2n) is 10.4. The van der Waals surface area contributed by atoms with E-state index in [2.05, 4.69) is 24.9 Å². The van der Waals surface area contributed by atoms with Crippen molar-refractivity contribution in [2.75, 3.05) is 6.61 Å². The molecule has 6 heteroatoms. The summed E-state index contributed by atoms with van der Waals surface area (Å²) in [5, 5.41) is 9.87. The first kappa shape index (κ1) is 22.4. The van der Waals surface area contributed by atoms with E-state index < -0.39 is 11.6 Å². The highest BCUT2D eigenvalue weighted by Crippen LogP contribution is 2.51. The van der Waals surface area contributed by atoms with Gasteiger partial charge in [0.1, 0.15) is 24.2 Å². The molecule has 4 rings (SSSR count). The smallest absolute Gasteiger partial charge is 0.408 e. The lowest BCUT2D eigenvalue weighted by molar-refractivity contribution is 0.0433. The number of hydrogen-bond acceptors (Lipinski definition) is 4. The molecule has 1 aliphatic carbocycles. The lowest BCUT2D eigenvalue weighted by atomic mass is 9.95. The van der Waals surface area contributed by atoms with Gasteiger partial charge >= 0.3 is 6.09 Å². The van der Waals surface area contributed by atoms with Crippen LogP contribution in [0.4, 0.5) is 4.79 Å². The van der Waals surface area contributed by atoms with E-state index in [1.165, 1.54) is 17.7 Å². The van der Waals surface area contributed by atoms with Gasteiger partial charge in [0.15, 0.2) is 0 Å². The van der Waals surface area contributed by atoms with E-state index in [0.717, 1.165) is 29.0 Å². The maximum atomic E-state index is 12.0. The third-order valence-corrected chi connectivity index (χ3v) is 6.14. The zero-order valence-corrected chi connectivity index (χ0v) is 19.7. The molecule has 2 aromatic rings. The van der Waals surface area contributed by atoms with Gasteiger partial charge in [0.2, 0.25) is 0 Å². The number of hydrogen-bond donors (Lipinski definition) is 1. The van der Waals surface area contributed by atoms with Crippen LogP contribution < -0.4 is 9.47 Å². The highest BCUT2D eigenvalue weighted by atomic mass is 16.5. The van der Waals surface area contributed by atoms with Gasteiger partial charge in [0.05, 0.1) is 11.7 Å². The summed E-state index contributed by atoms with van der Waals surface area (Å²) in [6.07, 6.45) is 4.03. The molecule has 1 N–H and O–H groups in total. The number of pyridine rings is 1. The third kappa shape index (κ3) is 4.69. The summed E-state index contributed by atoms with van der Waals surface area (Å²) in [6.45, 7) is 10.3. The lowest BCUT2D eigenvalue weighted by Gasteiger charge is -2.40. The van der Waals surface area contributed by atoms with E-state index >= 15 is 0 Å². The predicted molar refractivity (Wildman–Crippen MR) is 124 cm³/mol. The van der Waals surface area contributed by atoms with Crippen LogP contribution in [0.2, 0.25) is 0 Å². The van der Waals surface area contributed by atoms with Crippen LogP contribution in [0.3, 0.4) is 0 Å². The summed E-state index contributed by atoms with van der Waals surface area (Å²) in [5.74, 6) is 2.37. The fourth-order valence-electron chi connectivity index (χ4n) is 4.68. The van der Waals surface area contributed by atoms with Crippen LogP contribution in [0.5, 0.6) is 11.5 Å². The zero-order valence-electron chi connectivity index (χ0n) is 19.7. The number of carboxylic acid groups (broad SMARTS) is 1. The Kier molecular flexibility index (Phi) is 6.06. The van der Waals surface area contributed by atoms with Crippen LogP contribution in [-0.4, -0.2) is 39.3 Å². The average Bonchev–Trinajstić information content (AvgIpc) is 3.54. The van der Waals surface area contributed by atoms with Crippen LogP contribution in [0.25, 0.3) is 11.3 Å². The minimum Gasteiger partial charge on any atom is -0.491 e. The summed E-state index contributed by atoms with van der Waals surface area (Å²) in [6, 6.07) is 9.69. The molecular weight excluding hydrogens is 404 g/mol. The molecule has 1 amide bonds. The van der Waals surface area contributed by atoms with E-state index in [4.69, 9.17) is 9.47 Å². The quantitative estimate of drug-likeness (QED) is 0.560. The van der Waals surface area contributed by atoms with E-state index in [9.17, 15) is 9.90 Å². The van der Waals surface area contributed by atoms with Crippen molar-refractivity contribution in [1.82, 2.24) is 9.88 Å². The summed E-state index contributed by atoms with van der Waals surface area (Å²) in [4.78, 5) is 18.2. The van der Waals surface area contributed by atoms with E-state index in [-0.39, 0.29) is 12.1 Å². The van der Waals surface area contributed by atoms with Crippen molar-refractivity contribution in [1.29, 1.82) is 0 Å². The molecule has 172 valence electrons. The van der Waals surface area contributed by atoms with Crippen molar-refractivity contribution in [2.24, 2.45) is 11.8 Å². The first-order valence-corrected chi connectivity index (χ1v) is 11.6. The molecule has 2 heterocycles. The molecule has 1 aliphatic heterocycles. The van der Waals surface area contributed by atoms with Gasteiger partial charge in [-0.1, -0.05) is 19.9 Å². The van der Waals surface area contributed by atoms with E-state index in [0.29, 0.717) is 24.2 Å². The Bertz CT molecular complexity index is 978. The summed E-state index contributed by atoms with van der Waals surface area (Å²) in [5.41, 5.74) is 2.61. The molecule has 1 fully saturated rings. The van der Waals surface area contributed by atoms with Crippen molar-refractivity contribution >= 4 is 6.09 Å². The fourth-order valence-corrected chi connectivity index (χ4v) is 4.68. The van der Waals surface area contributed by atoms with Gasteiger partial charge in [0, 0.05) is 34.8 Å².